The predicted molar refractivity (Wildman–Crippen MR) is 101 cm³/mol. The van der Waals surface area contributed by atoms with Crippen molar-refractivity contribution in [2.45, 2.75) is 20.0 Å². The van der Waals surface area contributed by atoms with Crippen LogP contribution in [0.4, 0.5) is 5.82 Å². The number of aryl methyl sites for hydroxylation is 1. The molecule has 0 aliphatic rings. The Morgan fingerprint density at radius 1 is 1.11 bits per heavy atom. The minimum Gasteiger partial charge on any atom is -0.491 e. The summed E-state index contributed by atoms with van der Waals surface area (Å²) in [5, 5.41) is 7.72. The van der Waals surface area contributed by atoms with Crippen molar-refractivity contribution in [1.82, 2.24) is 18.9 Å². The van der Waals surface area contributed by atoms with E-state index in [-0.39, 0.29) is 11.8 Å². The van der Waals surface area contributed by atoms with Gasteiger partial charge in [-0.05, 0) is 26.0 Å². The Hall–Kier alpha value is -3.36. The van der Waals surface area contributed by atoms with E-state index in [2.05, 4.69) is 10.4 Å². The maximum atomic E-state index is 12.6. The number of hydrogen-bond donors (Lipinski definition) is 1. The van der Waals surface area contributed by atoms with Crippen LogP contribution in [0.5, 0.6) is 5.75 Å². The van der Waals surface area contributed by atoms with Crippen molar-refractivity contribution in [2.75, 3.05) is 5.32 Å². The van der Waals surface area contributed by atoms with E-state index >= 15 is 0 Å². The van der Waals surface area contributed by atoms with E-state index in [9.17, 15) is 14.4 Å². The number of benzene rings is 1. The Kier molecular flexibility index (Phi) is 4.61. The minimum absolute atomic E-state index is 0.0387. The molecule has 2 aromatic heterocycles. The van der Waals surface area contributed by atoms with Crippen LogP contribution in [-0.4, -0.2) is 30.9 Å². The number of anilines is 1. The van der Waals surface area contributed by atoms with Crippen LogP contribution in [0, 0.1) is 0 Å². The molecule has 9 nitrogen and oxygen atoms in total. The molecule has 142 valence electrons. The number of ether oxygens (including phenoxy) is 1. The lowest BCUT2D eigenvalue weighted by molar-refractivity contribution is 0.101. The third-order valence-corrected chi connectivity index (χ3v) is 4.19. The molecule has 3 aromatic rings. The molecule has 27 heavy (non-hydrogen) atoms. The highest BCUT2D eigenvalue weighted by molar-refractivity contribution is 6.07. The van der Waals surface area contributed by atoms with Crippen LogP contribution in [0.1, 0.15) is 24.3 Å². The third-order valence-electron chi connectivity index (χ3n) is 4.19. The molecule has 0 radical (unpaired) electrons. The molecule has 0 aliphatic carbocycles. The molecule has 0 fully saturated rings. The van der Waals surface area contributed by atoms with Gasteiger partial charge in [0, 0.05) is 38.7 Å². The molecular formula is C18H21N5O4. The van der Waals surface area contributed by atoms with Gasteiger partial charge in [0.15, 0.2) is 5.82 Å². The molecular weight excluding hydrogens is 350 g/mol. The molecule has 1 amide bonds. The van der Waals surface area contributed by atoms with Crippen LogP contribution in [0.25, 0.3) is 10.9 Å². The van der Waals surface area contributed by atoms with E-state index in [1.807, 2.05) is 19.9 Å². The Balaban J connectivity index is 1.99. The molecule has 0 saturated heterocycles. The van der Waals surface area contributed by atoms with Crippen molar-refractivity contribution < 1.29 is 9.53 Å². The smallest absolute Gasteiger partial charge is 0.331 e. The monoisotopic (exact) mass is 371 g/mol. The van der Waals surface area contributed by atoms with Crippen LogP contribution >= 0.6 is 0 Å². The molecule has 0 saturated carbocycles. The third kappa shape index (κ3) is 3.35. The molecule has 1 N–H and O–H groups in total. The van der Waals surface area contributed by atoms with Gasteiger partial charge in [-0.15, -0.1) is 0 Å². The topological polar surface area (TPSA) is 100 Å². The first-order valence-electron chi connectivity index (χ1n) is 8.41. The summed E-state index contributed by atoms with van der Waals surface area (Å²) in [5.41, 5.74) is -0.387. The minimum atomic E-state index is -0.588. The van der Waals surface area contributed by atoms with Gasteiger partial charge < -0.3 is 10.1 Å². The van der Waals surface area contributed by atoms with Crippen molar-refractivity contribution in [3.8, 4) is 5.75 Å². The van der Waals surface area contributed by atoms with Crippen LogP contribution in [0.3, 0.4) is 0 Å². The summed E-state index contributed by atoms with van der Waals surface area (Å²) in [6, 6.07) is 6.56. The number of hydrogen-bond acceptors (Lipinski definition) is 5. The van der Waals surface area contributed by atoms with Crippen molar-refractivity contribution >= 4 is 22.6 Å². The molecule has 3 rings (SSSR count). The molecule has 0 atom stereocenters. The van der Waals surface area contributed by atoms with E-state index in [1.54, 1.807) is 23.9 Å². The zero-order valence-corrected chi connectivity index (χ0v) is 15.8. The Morgan fingerprint density at radius 2 is 1.81 bits per heavy atom. The number of carbonyl (C=O) groups is 1. The largest absolute Gasteiger partial charge is 0.491 e. The number of nitrogens with one attached hydrogen (secondary N) is 1. The summed E-state index contributed by atoms with van der Waals surface area (Å²) in [5.74, 6) is 0.448. The first kappa shape index (κ1) is 18.4. The zero-order valence-electron chi connectivity index (χ0n) is 15.8. The molecule has 9 heteroatoms. The molecule has 2 heterocycles. The summed E-state index contributed by atoms with van der Waals surface area (Å²) in [7, 11) is 4.54. The van der Waals surface area contributed by atoms with Crippen LogP contribution in [0.2, 0.25) is 0 Å². The molecule has 0 aliphatic heterocycles. The van der Waals surface area contributed by atoms with E-state index in [0.29, 0.717) is 11.6 Å². The van der Waals surface area contributed by atoms with E-state index in [4.69, 9.17) is 4.74 Å². The summed E-state index contributed by atoms with van der Waals surface area (Å²) >= 11 is 0. The lowest BCUT2D eigenvalue weighted by atomic mass is 10.2. The Labute approximate surface area is 154 Å². The van der Waals surface area contributed by atoms with Gasteiger partial charge in [0.25, 0.3) is 11.5 Å². The summed E-state index contributed by atoms with van der Waals surface area (Å²) in [6.07, 6.45) is 0.0387. The molecule has 0 unspecified atom stereocenters. The van der Waals surface area contributed by atoms with Gasteiger partial charge in [0.1, 0.15) is 11.4 Å². The fourth-order valence-electron chi connectivity index (χ4n) is 2.80. The van der Waals surface area contributed by atoms with Gasteiger partial charge in [-0.25, -0.2) is 4.79 Å². The second-order valence-corrected chi connectivity index (χ2v) is 6.54. The van der Waals surface area contributed by atoms with Crippen molar-refractivity contribution in [3.63, 3.8) is 0 Å². The van der Waals surface area contributed by atoms with Gasteiger partial charge in [0.2, 0.25) is 0 Å². The van der Waals surface area contributed by atoms with E-state index < -0.39 is 17.2 Å². The van der Waals surface area contributed by atoms with Crippen molar-refractivity contribution in [1.29, 1.82) is 0 Å². The van der Waals surface area contributed by atoms with Gasteiger partial charge >= 0.3 is 5.69 Å². The van der Waals surface area contributed by atoms with Crippen LogP contribution in [-0.2, 0) is 21.1 Å². The summed E-state index contributed by atoms with van der Waals surface area (Å²) in [4.78, 5) is 36.5. The maximum absolute atomic E-state index is 12.6. The maximum Gasteiger partial charge on any atom is 0.331 e. The summed E-state index contributed by atoms with van der Waals surface area (Å²) < 4.78 is 9.37. The van der Waals surface area contributed by atoms with Crippen molar-refractivity contribution in [3.05, 3.63) is 50.8 Å². The number of nitrogens with zero attached hydrogens (tertiary/aromatic N) is 4. The number of fused-ring (bicyclic) bond motifs is 1. The highest BCUT2D eigenvalue weighted by atomic mass is 16.5. The van der Waals surface area contributed by atoms with E-state index in [1.165, 1.54) is 14.1 Å². The fourth-order valence-corrected chi connectivity index (χ4v) is 2.80. The molecule has 1 aromatic carbocycles. The Morgan fingerprint density at radius 3 is 2.48 bits per heavy atom. The number of rotatable bonds is 4. The standard InChI is InChI=1S/C18H21N5O4/c1-10(2)27-11-6-7-12-13(8-11)23(5)20-16(12)19-17(25)14-9-15(24)22(4)18(26)21(14)3/h6-10H,1-5H3,(H,19,20,25). The van der Waals surface area contributed by atoms with Gasteiger partial charge in [0.05, 0.1) is 11.6 Å². The quantitative estimate of drug-likeness (QED) is 0.738. The van der Waals surface area contributed by atoms with Crippen molar-refractivity contribution in [2.24, 2.45) is 21.1 Å². The lowest BCUT2D eigenvalue weighted by Crippen LogP contribution is -2.40. The molecule has 0 spiro atoms. The predicted octanol–water partition coefficient (Wildman–Crippen LogP) is 1.01. The number of amides is 1. The SMILES string of the molecule is CC(C)Oc1ccc2c(NC(=O)c3cc(=O)n(C)c(=O)n3C)nn(C)c2c1. The van der Waals surface area contributed by atoms with Gasteiger partial charge in [-0.3, -0.25) is 23.4 Å². The number of carbonyl (C=O) groups excluding carboxylic acids is 1. The lowest BCUT2D eigenvalue weighted by Gasteiger charge is -2.10. The van der Waals surface area contributed by atoms with Gasteiger partial charge in [-0.1, -0.05) is 0 Å². The average molecular weight is 371 g/mol. The van der Waals surface area contributed by atoms with Crippen LogP contribution < -0.4 is 21.3 Å². The van der Waals surface area contributed by atoms with Crippen LogP contribution in [0.15, 0.2) is 33.9 Å². The second-order valence-electron chi connectivity index (χ2n) is 6.54. The van der Waals surface area contributed by atoms with Gasteiger partial charge in [-0.2, -0.15) is 5.10 Å². The zero-order chi connectivity index (χ0) is 19.9. The highest BCUT2D eigenvalue weighted by Gasteiger charge is 2.17. The second kappa shape index (κ2) is 6.75. The summed E-state index contributed by atoms with van der Waals surface area (Å²) in [6.45, 7) is 3.88. The fraction of sp³-hybridized carbons (Fsp3) is 0.333. The number of aromatic nitrogens is 4. The molecule has 0 bridgehead atoms. The normalized spacial score (nSPS) is 11.2. The highest BCUT2D eigenvalue weighted by Crippen LogP contribution is 2.27. The van der Waals surface area contributed by atoms with E-state index in [0.717, 1.165) is 26.1 Å². The first-order valence-corrected chi connectivity index (χ1v) is 8.41. The Bertz CT molecular complexity index is 1150. The average Bonchev–Trinajstić information content (AvgIpc) is 2.91. The first-order chi connectivity index (χ1) is 12.7.